The molecule has 0 spiro atoms. The second-order valence-electron chi connectivity index (χ2n) is 6.07. The van der Waals surface area contributed by atoms with Gasteiger partial charge in [-0.15, -0.1) is 0 Å². The summed E-state index contributed by atoms with van der Waals surface area (Å²) in [6, 6.07) is 9.09. The maximum absolute atomic E-state index is 12.6. The van der Waals surface area contributed by atoms with Gasteiger partial charge in [-0.3, -0.25) is 9.59 Å². The molecule has 0 atom stereocenters. The molecule has 1 aromatic carbocycles. The highest BCUT2D eigenvalue weighted by atomic mass is 16.2. The number of amides is 2. The van der Waals surface area contributed by atoms with Gasteiger partial charge in [0.05, 0.1) is 0 Å². The van der Waals surface area contributed by atoms with Gasteiger partial charge in [-0.1, -0.05) is 18.2 Å². The molecule has 0 unspecified atom stereocenters. The Morgan fingerprint density at radius 1 is 1.19 bits per heavy atom. The first-order valence-electron chi connectivity index (χ1n) is 7.32. The minimum Gasteiger partial charge on any atom is -0.341 e. The molecule has 1 aliphatic heterocycles. The Hall–Kier alpha value is -1.88. The molecule has 0 aromatic heterocycles. The van der Waals surface area contributed by atoms with E-state index in [9.17, 15) is 9.59 Å². The van der Waals surface area contributed by atoms with Gasteiger partial charge in [0.1, 0.15) is 5.54 Å². The number of carbonyl (C=O) groups excluding carboxylic acids is 2. The van der Waals surface area contributed by atoms with Crippen molar-refractivity contribution in [2.24, 2.45) is 5.73 Å². The van der Waals surface area contributed by atoms with Crippen LogP contribution in [-0.2, 0) is 4.79 Å². The van der Waals surface area contributed by atoms with Crippen LogP contribution in [0, 0.1) is 0 Å². The predicted octanol–water partition coefficient (Wildman–Crippen LogP) is 1.14. The highest BCUT2D eigenvalue weighted by molar-refractivity contribution is 5.98. The Bertz CT molecular complexity index is 506. The van der Waals surface area contributed by atoms with Crippen molar-refractivity contribution in [2.45, 2.75) is 38.3 Å². The molecular weight excluding hydrogens is 266 g/mol. The lowest BCUT2D eigenvalue weighted by Crippen LogP contribution is -2.58. The molecule has 0 radical (unpaired) electrons. The van der Waals surface area contributed by atoms with Gasteiger partial charge in [0.25, 0.3) is 5.91 Å². The van der Waals surface area contributed by atoms with Crippen molar-refractivity contribution in [3.63, 3.8) is 0 Å². The highest BCUT2D eigenvalue weighted by Crippen LogP contribution is 2.15. The van der Waals surface area contributed by atoms with Crippen LogP contribution in [-0.4, -0.2) is 41.4 Å². The van der Waals surface area contributed by atoms with Gasteiger partial charge in [0.15, 0.2) is 0 Å². The standard InChI is InChI=1S/C16H23N3O2/c1-16(2,15(21)19-10-8-13(17)9-11-19)18-14(20)12-6-4-3-5-7-12/h3-7,13H,8-11,17H2,1-2H3,(H,18,20). The van der Waals surface area contributed by atoms with Gasteiger partial charge in [-0.2, -0.15) is 0 Å². The molecule has 1 heterocycles. The van der Waals surface area contributed by atoms with E-state index in [4.69, 9.17) is 5.73 Å². The fourth-order valence-electron chi connectivity index (χ4n) is 2.50. The van der Waals surface area contributed by atoms with Crippen LogP contribution in [0.15, 0.2) is 30.3 Å². The van der Waals surface area contributed by atoms with Gasteiger partial charge < -0.3 is 16.0 Å². The Balaban J connectivity index is 2.00. The molecule has 2 rings (SSSR count). The van der Waals surface area contributed by atoms with Gasteiger partial charge in [0, 0.05) is 24.7 Å². The number of nitrogens with two attached hydrogens (primary N) is 1. The first-order valence-corrected chi connectivity index (χ1v) is 7.32. The van der Waals surface area contributed by atoms with E-state index in [1.165, 1.54) is 0 Å². The lowest BCUT2D eigenvalue weighted by Gasteiger charge is -2.36. The van der Waals surface area contributed by atoms with E-state index >= 15 is 0 Å². The average molecular weight is 289 g/mol. The third-order valence-electron chi connectivity index (χ3n) is 3.82. The van der Waals surface area contributed by atoms with Gasteiger partial charge in [0.2, 0.25) is 5.91 Å². The normalized spacial score (nSPS) is 16.6. The number of nitrogens with zero attached hydrogens (tertiary/aromatic N) is 1. The van der Waals surface area contributed by atoms with E-state index in [0.717, 1.165) is 12.8 Å². The Morgan fingerprint density at radius 3 is 2.33 bits per heavy atom. The van der Waals surface area contributed by atoms with E-state index in [1.54, 1.807) is 43.0 Å². The van der Waals surface area contributed by atoms with Crippen molar-refractivity contribution in [1.82, 2.24) is 10.2 Å². The van der Waals surface area contributed by atoms with Crippen LogP contribution in [0.5, 0.6) is 0 Å². The number of hydrogen-bond acceptors (Lipinski definition) is 3. The maximum atomic E-state index is 12.6. The first kappa shape index (κ1) is 15.5. The number of rotatable bonds is 3. The maximum Gasteiger partial charge on any atom is 0.252 e. The lowest BCUT2D eigenvalue weighted by atomic mass is 9.99. The van der Waals surface area contributed by atoms with Crippen molar-refractivity contribution in [3.05, 3.63) is 35.9 Å². The van der Waals surface area contributed by atoms with E-state index in [0.29, 0.717) is 18.7 Å². The van der Waals surface area contributed by atoms with E-state index in [2.05, 4.69) is 5.32 Å². The zero-order chi connectivity index (χ0) is 15.5. The largest absolute Gasteiger partial charge is 0.341 e. The number of piperidine rings is 1. The molecule has 1 aromatic rings. The molecule has 114 valence electrons. The minimum absolute atomic E-state index is 0.0568. The summed E-state index contributed by atoms with van der Waals surface area (Å²) < 4.78 is 0. The quantitative estimate of drug-likeness (QED) is 0.876. The summed E-state index contributed by atoms with van der Waals surface area (Å²) in [5.74, 6) is -0.290. The SMILES string of the molecule is CC(C)(NC(=O)c1ccccc1)C(=O)N1CCC(N)CC1. The molecule has 3 N–H and O–H groups in total. The Labute approximate surface area is 125 Å². The van der Waals surface area contributed by atoms with Crippen molar-refractivity contribution >= 4 is 11.8 Å². The number of carbonyl (C=O) groups is 2. The van der Waals surface area contributed by atoms with Crippen LogP contribution < -0.4 is 11.1 Å². The molecule has 0 saturated carbocycles. The first-order chi connectivity index (χ1) is 9.90. The highest BCUT2D eigenvalue weighted by Gasteiger charge is 2.35. The zero-order valence-electron chi connectivity index (χ0n) is 12.6. The summed E-state index contributed by atoms with van der Waals surface area (Å²) in [4.78, 5) is 26.5. The van der Waals surface area contributed by atoms with Crippen LogP contribution in [0.1, 0.15) is 37.0 Å². The van der Waals surface area contributed by atoms with E-state index < -0.39 is 5.54 Å². The van der Waals surface area contributed by atoms with Crippen LogP contribution >= 0.6 is 0 Å². The van der Waals surface area contributed by atoms with Gasteiger partial charge in [-0.25, -0.2) is 0 Å². The summed E-state index contributed by atoms with van der Waals surface area (Å²) in [6.45, 7) is 4.80. The number of nitrogens with one attached hydrogen (secondary N) is 1. The second-order valence-corrected chi connectivity index (χ2v) is 6.07. The Morgan fingerprint density at radius 2 is 1.76 bits per heavy atom. The van der Waals surface area contributed by atoms with Crippen LogP contribution in [0.4, 0.5) is 0 Å². The lowest BCUT2D eigenvalue weighted by molar-refractivity contribution is -0.137. The summed E-state index contributed by atoms with van der Waals surface area (Å²) in [5.41, 5.74) is 5.49. The summed E-state index contributed by atoms with van der Waals surface area (Å²) >= 11 is 0. The van der Waals surface area contributed by atoms with Crippen molar-refractivity contribution in [3.8, 4) is 0 Å². The molecule has 1 aliphatic rings. The van der Waals surface area contributed by atoms with Crippen LogP contribution in [0.2, 0.25) is 0 Å². The minimum atomic E-state index is -0.922. The monoisotopic (exact) mass is 289 g/mol. The molecule has 5 heteroatoms. The molecule has 21 heavy (non-hydrogen) atoms. The molecule has 2 amide bonds. The summed E-state index contributed by atoms with van der Waals surface area (Å²) in [5, 5.41) is 2.82. The number of hydrogen-bond donors (Lipinski definition) is 2. The van der Waals surface area contributed by atoms with Crippen molar-refractivity contribution < 1.29 is 9.59 Å². The van der Waals surface area contributed by atoms with Gasteiger partial charge >= 0.3 is 0 Å². The summed E-state index contributed by atoms with van der Waals surface area (Å²) in [7, 11) is 0. The molecule has 1 fully saturated rings. The van der Waals surface area contributed by atoms with E-state index in [1.807, 2.05) is 6.07 Å². The molecule has 1 saturated heterocycles. The molecule has 0 bridgehead atoms. The fraction of sp³-hybridized carbons (Fsp3) is 0.500. The zero-order valence-corrected chi connectivity index (χ0v) is 12.6. The summed E-state index contributed by atoms with van der Waals surface area (Å²) in [6.07, 6.45) is 1.63. The van der Waals surface area contributed by atoms with E-state index in [-0.39, 0.29) is 17.9 Å². The van der Waals surface area contributed by atoms with Crippen molar-refractivity contribution in [2.75, 3.05) is 13.1 Å². The smallest absolute Gasteiger partial charge is 0.252 e. The predicted molar refractivity (Wildman–Crippen MR) is 81.8 cm³/mol. The molecule has 0 aliphatic carbocycles. The number of benzene rings is 1. The van der Waals surface area contributed by atoms with Crippen molar-refractivity contribution in [1.29, 1.82) is 0 Å². The fourth-order valence-corrected chi connectivity index (χ4v) is 2.50. The van der Waals surface area contributed by atoms with Gasteiger partial charge in [-0.05, 0) is 38.8 Å². The Kier molecular flexibility index (Phi) is 4.63. The molecular formula is C16H23N3O2. The second kappa shape index (κ2) is 6.26. The van der Waals surface area contributed by atoms with Crippen LogP contribution in [0.25, 0.3) is 0 Å². The third kappa shape index (κ3) is 3.82. The van der Waals surface area contributed by atoms with Crippen LogP contribution in [0.3, 0.4) is 0 Å². The topological polar surface area (TPSA) is 75.4 Å². The number of likely N-dealkylation sites (tertiary alicyclic amines) is 1. The third-order valence-corrected chi connectivity index (χ3v) is 3.82. The molecule has 5 nitrogen and oxygen atoms in total. The average Bonchev–Trinajstić information content (AvgIpc) is 2.48.